The van der Waals surface area contributed by atoms with E-state index in [0.29, 0.717) is 6.54 Å². The van der Waals surface area contributed by atoms with E-state index in [-0.39, 0.29) is 6.10 Å². The van der Waals surface area contributed by atoms with Crippen molar-refractivity contribution < 1.29 is 4.74 Å². The third kappa shape index (κ3) is 3.20. The molecule has 2 N–H and O–H groups in total. The molecule has 0 amide bonds. The fraction of sp³-hybridized carbons (Fsp3) is 0.455. The third-order valence-corrected chi connectivity index (χ3v) is 2.27. The summed E-state index contributed by atoms with van der Waals surface area (Å²) in [5.41, 5.74) is 6.50. The van der Waals surface area contributed by atoms with E-state index >= 15 is 0 Å². The van der Waals surface area contributed by atoms with Gasteiger partial charge in [-0.25, -0.2) is 0 Å². The van der Waals surface area contributed by atoms with Gasteiger partial charge in [-0.3, -0.25) is 0 Å². The van der Waals surface area contributed by atoms with Crippen LogP contribution in [0.3, 0.4) is 0 Å². The van der Waals surface area contributed by atoms with Gasteiger partial charge in [-0.05, 0) is 50.6 Å². The van der Waals surface area contributed by atoms with Gasteiger partial charge < -0.3 is 10.5 Å². The normalized spacial score (nSPS) is 12.6. The molecule has 0 spiro atoms. The number of nitrogens with two attached hydrogens (primary N) is 1. The van der Waals surface area contributed by atoms with Crippen molar-refractivity contribution in [1.29, 1.82) is 0 Å². The maximum absolute atomic E-state index is 5.84. The molecule has 2 nitrogen and oxygen atoms in total. The van der Waals surface area contributed by atoms with E-state index in [1.165, 1.54) is 0 Å². The fourth-order valence-electron chi connectivity index (χ4n) is 1.26. The maximum Gasteiger partial charge on any atom is 0.122 e. The molecule has 78 valence electrons. The molecule has 0 aliphatic carbocycles. The summed E-state index contributed by atoms with van der Waals surface area (Å²) < 4.78 is 5.70. The predicted molar refractivity (Wildman–Crippen MR) is 60.0 cm³/mol. The quantitative estimate of drug-likeness (QED) is 0.835. The van der Waals surface area contributed by atoms with Crippen LogP contribution < -0.4 is 10.5 Å². The van der Waals surface area contributed by atoms with Crippen LogP contribution in [0.2, 0.25) is 5.02 Å². The number of benzene rings is 1. The fourth-order valence-corrected chi connectivity index (χ4v) is 1.48. The first kappa shape index (κ1) is 11.3. The Balaban J connectivity index is 2.67. The molecule has 0 fully saturated rings. The first-order chi connectivity index (χ1) is 6.63. The highest BCUT2D eigenvalue weighted by Crippen LogP contribution is 2.23. The second-order valence-electron chi connectivity index (χ2n) is 3.42. The second kappa shape index (κ2) is 5.23. The summed E-state index contributed by atoms with van der Waals surface area (Å²) in [5.74, 6) is 0.885. The Hall–Kier alpha value is -0.730. The molecule has 0 radical (unpaired) electrons. The smallest absolute Gasteiger partial charge is 0.122 e. The Labute approximate surface area is 90.0 Å². The molecule has 0 heterocycles. The molecule has 0 aliphatic rings. The van der Waals surface area contributed by atoms with E-state index in [1.807, 2.05) is 32.0 Å². The van der Waals surface area contributed by atoms with Gasteiger partial charge in [0, 0.05) is 5.02 Å². The van der Waals surface area contributed by atoms with Crippen LogP contribution in [0.4, 0.5) is 0 Å². The standard InChI is InChI=1S/C11H16ClNO/c1-8-7-10(12)3-4-11(8)14-9(2)5-6-13/h3-4,7,9H,5-6,13H2,1-2H3. The molecule has 0 saturated heterocycles. The van der Waals surface area contributed by atoms with Crippen molar-refractivity contribution in [3.05, 3.63) is 28.8 Å². The van der Waals surface area contributed by atoms with Gasteiger partial charge >= 0.3 is 0 Å². The molecule has 0 aromatic heterocycles. The molecule has 1 atom stereocenters. The van der Waals surface area contributed by atoms with Gasteiger partial charge in [0.15, 0.2) is 0 Å². The predicted octanol–water partition coefficient (Wildman–Crippen LogP) is 2.76. The zero-order valence-electron chi connectivity index (χ0n) is 8.59. The highest BCUT2D eigenvalue weighted by molar-refractivity contribution is 6.30. The minimum absolute atomic E-state index is 0.153. The Morgan fingerprint density at radius 1 is 1.50 bits per heavy atom. The molecular formula is C11H16ClNO. The summed E-state index contributed by atoms with van der Waals surface area (Å²) in [6.07, 6.45) is 1.02. The Morgan fingerprint density at radius 2 is 2.21 bits per heavy atom. The first-order valence-corrected chi connectivity index (χ1v) is 5.14. The lowest BCUT2D eigenvalue weighted by Crippen LogP contribution is -2.17. The molecule has 0 bridgehead atoms. The van der Waals surface area contributed by atoms with Crippen molar-refractivity contribution in [2.75, 3.05) is 6.54 Å². The van der Waals surface area contributed by atoms with Crippen molar-refractivity contribution in [1.82, 2.24) is 0 Å². The highest BCUT2D eigenvalue weighted by atomic mass is 35.5. The van der Waals surface area contributed by atoms with Gasteiger partial charge in [0.25, 0.3) is 0 Å². The molecule has 0 saturated carbocycles. The molecule has 0 aliphatic heterocycles. The van der Waals surface area contributed by atoms with E-state index in [4.69, 9.17) is 22.1 Å². The largest absolute Gasteiger partial charge is 0.490 e. The Morgan fingerprint density at radius 3 is 2.79 bits per heavy atom. The van der Waals surface area contributed by atoms with Gasteiger partial charge in [-0.15, -0.1) is 0 Å². The van der Waals surface area contributed by atoms with Crippen molar-refractivity contribution in [2.24, 2.45) is 5.73 Å². The maximum atomic E-state index is 5.84. The van der Waals surface area contributed by atoms with Gasteiger partial charge in [-0.2, -0.15) is 0 Å². The van der Waals surface area contributed by atoms with E-state index in [9.17, 15) is 0 Å². The van der Waals surface area contributed by atoms with Gasteiger partial charge in [-0.1, -0.05) is 11.6 Å². The van der Waals surface area contributed by atoms with E-state index in [0.717, 1.165) is 22.8 Å². The third-order valence-electron chi connectivity index (χ3n) is 2.04. The number of rotatable bonds is 4. The summed E-state index contributed by atoms with van der Waals surface area (Å²) in [6, 6.07) is 5.62. The van der Waals surface area contributed by atoms with Gasteiger partial charge in [0.05, 0.1) is 6.10 Å². The lowest BCUT2D eigenvalue weighted by molar-refractivity contribution is 0.212. The zero-order chi connectivity index (χ0) is 10.6. The number of ether oxygens (including phenoxy) is 1. The summed E-state index contributed by atoms with van der Waals surface area (Å²) >= 11 is 5.84. The first-order valence-electron chi connectivity index (χ1n) is 4.76. The Kier molecular flexibility index (Phi) is 4.23. The molecule has 1 aromatic carbocycles. The zero-order valence-corrected chi connectivity index (χ0v) is 9.34. The summed E-state index contributed by atoms with van der Waals surface area (Å²) in [6.45, 7) is 4.64. The lowest BCUT2D eigenvalue weighted by Gasteiger charge is -2.15. The molecule has 1 rings (SSSR count). The molecule has 14 heavy (non-hydrogen) atoms. The van der Waals surface area contributed by atoms with E-state index in [1.54, 1.807) is 0 Å². The SMILES string of the molecule is Cc1cc(Cl)ccc1OC(C)CCN. The van der Waals surface area contributed by atoms with Crippen LogP contribution in [0.5, 0.6) is 5.75 Å². The molecule has 1 unspecified atom stereocenters. The second-order valence-corrected chi connectivity index (χ2v) is 3.85. The monoisotopic (exact) mass is 213 g/mol. The molecule has 3 heteroatoms. The topological polar surface area (TPSA) is 35.2 Å². The van der Waals surface area contributed by atoms with Crippen LogP contribution in [-0.4, -0.2) is 12.6 Å². The minimum atomic E-state index is 0.153. The van der Waals surface area contributed by atoms with Gasteiger partial charge in [0.1, 0.15) is 5.75 Å². The van der Waals surface area contributed by atoms with E-state index in [2.05, 4.69) is 0 Å². The van der Waals surface area contributed by atoms with Crippen molar-refractivity contribution in [3.8, 4) is 5.75 Å². The van der Waals surface area contributed by atoms with Crippen LogP contribution in [-0.2, 0) is 0 Å². The number of hydrogen-bond acceptors (Lipinski definition) is 2. The molecular weight excluding hydrogens is 198 g/mol. The average Bonchev–Trinajstić information content (AvgIpc) is 2.10. The highest BCUT2D eigenvalue weighted by Gasteiger charge is 2.05. The number of hydrogen-bond donors (Lipinski definition) is 1. The lowest BCUT2D eigenvalue weighted by atomic mass is 10.2. The number of aryl methyl sites for hydroxylation is 1. The van der Waals surface area contributed by atoms with Crippen LogP contribution in [0.1, 0.15) is 18.9 Å². The van der Waals surface area contributed by atoms with Crippen LogP contribution in [0.25, 0.3) is 0 Å². The van der Waals surface area contributed by atoms with Crippen molar-refractivity contribution in [2.45, 2.75) is 26.4 Å². The average molecular weight is 214 g/mol. The summed E-state index contributed by atoms with van der Waals surface area (Å²) in [5, 5.41) is 0.737. The van der Waals surface area contributed by atoms with Crippen LogP contribution in [0.15, 0.2) is 18.2 Å². The van der Waals surface area contributed by atoms with Gasteiger partial charge in [0.2, 0.25) is 0 Å². The molecule has 1 aromatic rings. The Bertz CT molecular complexity index is 301. The van der Waals surface area contributed by atoms with Crippen molar-refractivity contribution in [3.63, 3.8) is 0 Å². The van der Waals surface area contributed by atoms with Crippen molar-refractivity contribution >= 4 is 11.6 Å². The van der Waals surface area contributed by atoms with Crippen LogP contribution >= 0.6 is 11.6 Å². The summed E-state index contributed by atoms with van der Waals surface area (Å²) in [7, 11) is 0. The number of halogens is 1. The minimum Gasteiger partial charge on any atom is -0.490 e. The van der Waals surface area contributed by atoms with Crippen LogP contribution in [0, 0.1) is 6.92 Å². The van der Waals surface area contributed by atoms with E-state index < -0.39 is 0 Å². The summed E-state index contributed by atoms with van der Waals surface area (Å²) in [4.78, 5) is 0.